The van der Waals surface area contributed by atoms with Crippen LogP contribution in [0.2, 0.25) is 5.02 Å². The van der Waals surface area contributed by atoms with Gasteiger partial charge in [-0.1, -0.05) is 11.6 Å². The number of methoxy groups -OCH3 is 1. The number of anilines is 1. The Kier molecular flexibility index (Phi) is 5.08. The molecule has 110 valence electrons. The van der Waals surface area contributed by atoms with Crippen molar-refractivity contribution < 1.29 is 9.53 Å². The lowest BCUT2D eigenvalue weighted by molar-refractivity contribution is 0.102. The largest absolute Gasteiger partial charge is 0.383 e. The third-order valence-electron chi connectivity index (χ3n) is 2.74. The van der Waals surface area contributed by atoms with Gasteiger partial charge in [0.15, 0.2) is 0 Å². The molecule has 7 heteroatoms. The second-order valence-corrected chi connectivity index (χ2v) is 4.69. The number of amides is 1. The van der Waals surface area contributed by atoms with Gasteiger partial charge in [-0.3, -0.25) is 9.59 Å². The van der Waals surface area contributed by atoms with Gasteiger partial charge in [-0.15, -0.1) is 0 Å². The van der Waals surface area contributed by atoms with Gasteiger partial charge in [-0.25, -0.2) is 4.98 Å². The number of halogens is 1. The Morgan fingerprint density at radius 2 is 2.19 bits per heavy atom. The number of pyridine rings is 2. The maximum atomic E-state index is 12.0. The summed E-state index contributed by atoms with van der Waals surface area (Å²) in [7, 11) is 1.56. The maximum absolute atomic E-state index is 12.0. The van der Waals surface area contributed by atoms with Gasteiger partial charge in [0.1, 0.15) is 5.69 Å². The average Bonchev–Trinajstić information content (AvgIpc) is 2.48. The van der Waals surface area contributed by atoms with Gasteiger partial charge in [-0.2, -0.15) is 0 Å². The zero-order chi connectivity index (χ0) is 15.2. The van der Waals surface area contributed by atoms with Crippen molar-refractivity contribution in [3.63, 3.8) is 0 Å². The number of hydrogen-bond acceptors (Lipinski definition) is 4. The van der Waals surface area contributed by atoms with Crippen molar-refractivity contribution in [3.05, 3.63) is 57.7 Å². The number of carbonyl (C=O) groups is 1. The number of hydrogen-bond donors (Lipinski definition) is 1. The summed E-state index contributed by atoms with van der Waals surface area (Å²) >= 11 is 5.72. The van der Waals surface area contributed by atoms with E-state index >= 15 is 0 Å². The molecule has 0 bridgehead atoms. The summed E-state index contributed by atoms with van der Waals surface area (Å²) in [5.41, 5.74) is 0.594. The molecule has 2 aromatic heterocycles. The molecule has 1 N–H and O–H groups in total. The molecule has 6 nitrogen and oxygen atoms in total. The van der Waals surface area contributed by atoms with Crippen LogP contribution in [0.25, 0.3) is 0 Å². The molecular weight excluding hydrogens is 294 g/mol. The number of carbonyl (C=O) groups excluding carboxylic acids is 1. The molecule has 0 aliphatic rings. The SMILES string of the molecule is COCCn1cc(NC(=O)c2ccc(Cl)cn2)ccc1=O. The quantitative estimate of drug-likeness (QED) is 0.914. The molecular formula is C14H14ClN3O3. The fraction of sp³-hybridized carbons (Fsp3) is 0.214. The first-order valence-corrected chi connectivity index (χ1v) is 6.60. The fourth-order valence-electron chi connectivity index (χ4n) is 1.67. The fourth-order valence-corrected chi connectivity index (χ4v) is 1.79. The van der Waals surface area contributed by atoms with E-state index in [2.05, 4.69) is 10.3 Å². The van der Waals surface area contributed by atoms with Crippen LogP contribution in [0.1, 0.15) is 10.5 Å². The second-order valence-electron chi connectivity index (χ2n) is 4.26. The molecule has 1 amide bonds. The van der Waals surface area contributed by atoms with Crippen molar-refractivity contribution in [2.24, 2.45) is 0 Å². The summed E-state index contributed by atoms with van der Waals surface area (Å²) in [6.07, 6.45) is 2.96. The van der Waals surface area contributed by atoms with Gasteiger partial charge in [0.25, 0.3) is 11.5 Å². The minimum atomic E-state index is -0.372. The van der Waals surface area contributed by atoms with Crippen molar-refractivity contribution in [1.82, 2.24) is 9.55 Å². The van der Waals surface area contributed by atoms with Crippen LogP contribution in [0.3, 0.4) is 0 Å². The number of nitrogens with one attached hydrogen (secondary N) is 1. The van der Waals surface area contributed by atoms with Gasteiger partial charge in [0.2, 0.25) is 0 Å². The second kappa shape index (κ2) is 7.01. The first-order chi connectivity index (χ1) is 10.1. The lowest BCUT2D eigenvalue weighted by atomic mass is 10.3. The molecule has 0 unspecified atom stereocenters. The van der Waals surface area contributed by atoms with Crippen LogP contribution < -0.4 is 10.9 Å². The Balaban J connectivity index is 2.13. The summed E-state index contributed by atoms with van der Waals surface area (Å²) in [6, 6.07) is 6.04. The normalized spacial score (nSPS) is 10.4. The third-order valence-corrected chi connectivity index (χ3v) is 2.96. The first kappa shape index (κ1) is 15.2. The van der Waals surface area contributed by atoms with Gasteiger partial charge in [-0.05, 0) is 18.2 Å². The molecule has 0 saturated heterocycles. The van der Waals surface area contributed by atoms with Crippen molar-refractivity contribution in [2.45, 2.75) is 6.54 Å². The van der Waals surface area contributed by atoms with Crippen molar-refractivity contribution in [2.75, 3.05) is 19.0 Å². The van der Waals surface area contributed by atoms with E-state index in [-0.39, 0.29) is 17.2 Å². The summed E-state index contributed by atoms with van der Waals surface area (Å²) in [5.74, 6) is -0.372. The molecule has 0 atom stereocenters. The zero-order valence-corrected chi connectivity index (χ0v) is 12.1. The average molecular weight is 308 g/mol. The predicted octanol–water partition coefficient (Wildman–Crippen LogP) is 1.80. The molecule has 2 aromatic rings. The topological polar surface area (TPSA) is 73.2 Å². The third kappa shape index (κ3) is 4.14. The predicted molar refractivity (Wildman–Crippen MR) is 79.8 cm³/mol. The highest BCUT2D eigenvalue weighted by molar-refractivity contribution is 6.30. The van der Waals surface area contributed by atoms with Crippen molar-refractivity contribution in [3.8, 4) is 0 Å². The van der Waals surface area contributed by atoms with E-state index in [1.807, 2.05) is 0 Å². The summed E-state index contributed by atoms with van der Waals surface area (Å²) in [6.45, 7) is 0.828. The highest BCUT2D eigenvalue weighted by atomic mass is 35.5. The first-order valence-electron chi connectivity index (χ1n) is 6.22. The molecule has 0 aliphatic heterocycles. The molecule has 0 fully saturated rings. The lowest BCUT2D eigenvalue weighted by Gasteiger charge is -2.09. The molecule has 2 rings (SSSR count). The van der Waals surface area contributed by atoms with Crippen LogP contribution in [0.5, 0.6) is 0 Å². The smallest absolute Gasteiger partial charge is 0.274 e. The summed E-state index contributed by atoms with van der Waals surface area (Å²) < 4.78 is 6.40. The van der Waals surface area contributed by atoms with E-state index in [9.17, 15) is 9.59 Å². The summed E-state index contributed by atoms with van der Waals surface area (Å²) in [5, 5.41) is 3.13. The van der Waals surface area contributed by atoms with E-state index < -0.39 is 0 Å². The minimum absolute atomic E-state index is 0.158. The standard InChI is InChI=1S/C14H14ClN3O3/c1-21-7-6-18-9-11(3-5-13(18)19)17-14(20)12-4-2-10(15)8-16-12/h2-5,8-9H,6-7H2,1H3,(H,17,20). The summed E-state index contributed by atoms with van der Waals surface area (Å²) in [4.78, 5) is 27.6. The van der Waals surface area contributed by atoms with Gasteiger partial charge in [0, 0.05) is 32.1 Å². The zero-order valence-electron chi connectivity index (χ0n) is 11.4. The highest BCUT2D eigenvalue weighted by Gasteiger charge is 2.08. The molecule has 0 saturated carbocycles. The van der Waals surface area contributed by atoms with E-state index in [1.165, 1.54) is 22.9 Å². The minimum Gasteiger partial charge on any atom is -0.383 e. The van der Waals surface area contributed by atoms with Crippen LogP contribution in [0.4, 0.5) is 5.69 Å². The Hall–Kier alpha value is -2.18. The van der Waals surface area contributed by atoms with Crippen LogP contribution in [-0.2, 0) is 11.3 Å². The van der Waals surface area contributed by atoms with Gasteiger partial charge < -0.3 is 14.6 Å². The van der Waals surface area contributed by atoms with Crippen LogP contribution >= 0.6 is 11.6 Å². The highest BCUT2D eigenvalue weighted by Crippen LogP contribution is 2.09. The molecule has 0 aliphatic carbocycles. The van der Waals surface area contributed by atoms with Gasteiger partial charge >= 0.3 is 0 Å². The van der Waals surface area contributed by atoms with Gasteiger partial charge in [0.05, 0.1) is 17.3 Å². The van der Waals surface area contributed by atoms with Crippen LogP contribution in [0.15, 0.2) is 41.5 Å². The van der Waals surface area contributed by atoms with Crippen molar-refractivity contribution in [1.29, 1.82) is 0 Å². The number of nitrogens with zero attached hydrogens (tertiary/aromatic N) is 2. The van der Waals surface area contributed by atoms with Crippen LogP contribution in [-0.4, -0.2) is 29.2 Å². The van der Waals surface area contributed by atoms with E-state index in [0.29, 0.717) is 23.9 Å². The van der Waals surface area contributed by atoms with E-state index in [4.69, 9.17) is 16.3 Å². The van der Waals surface area contributed by atoms with Crippen molar-refractivity contribution >= 4 is 23.2 Å². The van der Waals surface area contributed by atoms with E-state index in [1.54, 1.807) is 25.4 Å². The monoisotopic (exact) mass is 307 g/mol. The Morgan fingerprint density at radius 1 is 1.38 bits per heavy atom. The Bertz CT molecular complexity index is 683. The maximum Gasteiger partial charge on any atom is 0.274 e. The Morgan fingerprint density at radius 3 is 2.86 bits per heavy atom. The molecule has 0 radical (unpaired) electrons. The number of aromatic nitrogens is 2. The Labute approximate surface area is 126 Å². The van der Waals surface area contributed by atoms with Crippen LogP contribution in [0, 0.1) is 0 Å². The molecule has 0 aromatic carbocycles. The molecule has 0 spiro atoms. The van der Waals surface area contributed by atoms with E-state index in [0.717, 1.165) is 0 Å². The number of rotatable bonds is 5. The number of ether oxygens (including phenoxy) is 1. The lowest BCUT2D eigenvalue weighted by Crippen LogP contribution is -2.22. The molecule has 2 heterocycles. The molecule has 21 heavy (non-hydrogen) atoms.